The van der Waals surface area contributed by atoms with Gasteiger partial charge in [0.15, 0.2) is 0 Å². The van der Waals surface area contributed by atoms with Gasteiger partial charge >= 0.3 is 0 Å². The van der Waals surface area contributed by atoms with Crippen molar-refractivity contribution in [1.29, 1.82) is 0 Å². The van der Waals surface area contributed by atoms with Crippen LogP contribution in [-0.4, -0.2) is 35.0 Å². The lowest BCUT2D eigenvalue weighted by atomic mass is 9.72. The number of carboxylic acid groups (broad SMARTS) is 4. The van der Waals surface area contributed by atoms with E-state index in [1.807, 2.05) is 0 Å². The van der Waals surface area contributed by atoms with E-state index in [0.717, 1.165) is 37.5 Å². The van der Waals surface area contributed by atoms with Crippen molar-refractivity contribution in [1.82, 2.24) is 0 Å². The molecule has 0 unspecified atom stereocenters. The molecule has 32 heavy (non-hydrogen) atoms. The van der Waals surface area contributed by atoms with E-state index in [1.165, 1.54) is 25.7 Å². The fraction of sp³-hybridized carbons (Fsp3) is 0.909. The summed E-state index contributed by atoms with van der Waals surface area (Å²) in [6, 6.07) is 0. The lowest BCUT2D eigenvalue weighted by molar-refractivity contribution is -0.417. The van der Waals surface area contributed by atoms with E-state index >= 15 is 0 Å². The minimum absolute atomic E-state index is 0.101. The Hall–Kier alpha value is -1.62. The van der Waals surface area contributed by atoms with E-state index in [4.69, 9.17) is 40.5 Å². The normalized spacial score (nSPS) is 25.5. The van der Waals surface area contributed by atoms with Crippen LogP contribution in [0.1, 0.15) is 92.9 Å². The smallest absolute Gasteiger partial charge is 0.0927 e. The molecule has 0 saturated heterocycles. The average molecular weight is 465 g/mol. The molecule has 2 saturated carbocycles. The summed E-state index contributed by atoms with van der Waals surface area (Å²) in [5, 5.41) is 50.3. The van der Waals surface area contributed by atoms with Crippen LogP contribution >= 0.6 is 0 Å². The second-order valence-corrected chi connectivity index (χ2v) is 10.4. The summed E-state index contributed by atoms with van der Waals surface area (Å²) in [6.45, 7) is 13.7. The van der Waals surface area contributed by atoms with Crippen LogP contribution in [0.3, 0.4) is 0 Å². The maximum atomic E-state index is 8.48. The van der Waals surface area contributed by atoms with Gasteiger partial charge in [-0.25, -0.2) is 9.78 Å². The zero-order valence-corrected chi connectivity index (χ0v) is 20.1. The molecular formula is C22H40O10-4. The quantitative estimate of drug-likeness (QED) is 0.445. The molecule has 0 aromatic carbocycles. The van der Waals surface area contributed by atoms with Crippen LogP contribution in [0.2, 0.25) is 0 Å². The number of hydrogen-bond acceptors (Lipinski definition) is 10. The molecule has 2 fully saturated rings. The molecule has 0 amide bonds. The van der Waals surface area contributed by atoms with E-state index in [9.17, 15) is 0 Å². The van der Waals surface area contributed by atoms with Gasteiger partial charge in [-0.2, -0.15) is 0 Å². The van der Waals surface area contributed by atoms with Crippen LogP contribution in [0.5, 0.6) is 0 Å². The predicted molar refractivity (Wildman–Crippen MR) is 109 cm³/mol. The molecule has 0 aromatic rings. The largest absolute Gasteiger partial charge is 0.652 e. The van der Waals surface area contributed by atoms with Crippen molar-refractivity contribution in [2.24, 2.45) is 22.7 Å². The second-order valence-electron chi connectivity index (χ2n) is 10.4. The van der Waals surface area contributed by atoms with Crippen molar-refractivity contribution >= 4 is 12.3 Å². The fourth-order valence-electron chi connectivity index (χ4n) is 4.07. The van der Waals surface area contributed by atoms with Crippen molar-refractivity contribution in [2.75, 3.05) is 0 Å². The first kappa shape index (κ1) is 32.6. The van der Waals surface area contributed by atoms with Gasteiger partial charge in [-0.3, -0.25) is 10.5 Å². The second kappa shape index (κ2) is 16.1. The molecule has 0 atom stereocenters. The summed E-state index contributed by atoms with van der Waals surface area (Å²) in [5.74, 6) is 1.59. The van der Waals surface area contributed by atoms with Gasteiger partial charge in [-0.1, -0.05) is 41.5 Å². The fourth-order valence-corrected chi connectivity index (χ4v) is 4.07. The Morgan fingerprint density at radius 1 is 0.594 bits per heavy atom. The summed E-state index contributed by atoms with van der Waals surface area (Å²) in [4.78, 5) is 25.4. The van der Waals surface area contributed by atoms with Crippen LogP contribution in [0, 0.1) is 22.7 Å². The van der Waals surface area contributed by atoms with Gasteiger partial charge in [0.1, 0.15) is 0 Å². The predicted octanol–water partition coefficient (Wildman–Crippen LogP) is 1.27. The Bertz CT molecular complexity index is 440. The molecule has 0 aliphatic heterocycles. The Labute approximate surface area is 191 Å². The number of carbonyl (C=O) groups is 2. The first-order valence-electron chi connectivity index (χ1n) is 10.9. The van der Waals surface area contributed by atoms with E-state index in [2.05, 4.69) is 51.3 Å². The van der Waals surface area contributed by atoms with Gasteiger partial charge in [-0.15, -0.1) is 0 Å². The highest BCUT2D eigenvalue weighted by molar-refractivity contribution is 5.47. The van der Waals surface area contributed by atoms with Crippen LogP contribution in [0.25, 0.3) is 0 Å². The minimum atomic E-state index is -2.33. The highest BCUT2D eigenvalue weighted by Gasteiger charge is 2.30. The molecule has 2 N–H and O–H groups in total. The van der Waals surface area contributed by atoms with Crippen LogP contribution in [0.4, 0.5) is 9.59 Å². The van der Waals surface area contributed by atoms with Gasteiger partial charge in [0.05, 0.1) is 12.2 Å². The summed E-state index contributed by atoms with van der Waals surface area (Å²) in [6.07, 6.45) is 4.34. The molecule has 0 spiro atoms. The standard InChI is InChI=1S/2C10H20O2.2CH2O3/c2*1-10(2,3)8-4-6-9(12-11)7-5-8;2*2-1(3)4/h2*8-9,11H,4-7H2,1-3H3;2*(H2,2,3,4)/p-4. The lowest BCUT2D eigenvalue weighted by Crippen LogP contribution is -2.37. The molecule has 0 heterocycles. The molecule has 192 valence electrons. The number of carbonyl (C=O) groups excluding carboxylic acids is 2. The molecular weight excluding hydrogens is 424 g/mol. The van der Waals surface area contributed by atoms with Gasteiger partial charge in [0, 0.05) is 0 Å². The topological polar surface area (TPSA) is 185 Å². The maximum absolute atomic E-state index is 8.48. The van der Waals surface area contributed by atoms with E-state index < -0.39 is 12.3 Å². The highest BCUT2D eigenvalue weighted by atomic mass is 17.1. The summed E-state index contributed by atoms with van der Waals surface area (Å²) in [5.41, 5.74) is 0.834. The molecule has 0 bridgehead atoms. The van der Waals surface area contributed by atoms with Crippen molar-refractivity contribution < 1.29 is 50.3 Å². The first-order valence-corrected chi connectivity index (χ1v) is 10.9. The third-order valence-electron chi connectivity index (χ3n) is 6.10. The minimum Gasteiger partial charge on any atom is -0.652 e. The Kier molecular flexibility index (Phi) is 16.3. The Balaban J connectivity index is 0. The van der Waals surface area contributed by atoms with Crippen LogP contribution < -0.4 is 20.4 Å². The number of hydrogen-bond donors (Lipinski definition) is 2. The SMILES string of the molecule is CC(C)(C)C1CCC(OO)CC1.CC(C)(C)C1CCC(OO)CC1.O=C([O-])[O-].O=C([O-])[O-]. The lowest BCUT2D eigenvalue weighted by Gasteiger charge is -2.35. The van der Waals surface area contributed by atoms with Crippen molar-refractivity contribution in [3.05, 3.63) is 0 Å². The zero-order chi connectivity index (χ0) is 25.5. The van der Waals surface area contributed by atoms with E-state index in [-0.39, 0.29) is 12.2 Å². The van der Waals surface area contributed by atoms with E-state index in [1.54, 1.807) is 0 Å². The van der Waals surface area contributed by atoms with Crippen molar-refractivity contribution in [2.45, 2.75) is 105 Å². The monoisotopic (exact) mass is 464 g/mol. The molecule has 10 nitrogen and oxygen atoms in total. The molecule has 0 radical (unpaired) electrons. The molecule has 0 aromatic heterocycles. The van der Waals surface area contributed by atoms with Crippen molar-refractivity contribution in [3.63, 3.8) is 0 Å². The molecule has 2 aliphatic carbocycles. The molecule has 10 heteroatoms. The maximum Gasteiger partial charge on any atom is 0.0927 e. The molecule has 2 rings (SSSR count). The van der Waals surface area contributed by atoms with Crippen LogP contribution in [-0.2, 0) is 9.78 Å². The highest BCUT2D eigenvalue weighted by Crippen LogP contribution is 2.39. The third kappa shape index (κ3) is 18.0. The Morgan fingerprint density at radius 3 is 0.906 bits per heavy atom. The van der Waals surface area contributed by atoms with Gasteiger partial charge in [0.2, 0.25) is 0 Å². The first-order chi connectivity index (χ1) is 14.5. The van der Waals surface area contributed by atoms with E-state index in [0.29, 0.717) is 10.8 Å². The third-order valence-corrected chi connectivity index (χ3v) is 6.10. The summed E-state index contributed by atoms with van der Waals surface area (Å²) < 4.78 is 0. The zero-order valence-electron chi connectivity index (χ0n) is 20.1. The van der Waals surface area contributed by atoms with Gasteiger partial charge in [-0.05, 0) is 86.3 Å². The average Bonchev–Trinajstić information content (AvgIpc) is 2.66. The summed E-state index contributed by atoms with van der Waals surface area (Å²) in [7, 11) is 0. The van der Waals surface area contributed by atoms with Crippen LogP contribution in [0.15, 0.2) is 0 Å². The van der Waals surface area contributed by atoms with Gasteiger partial charge in [0.25, 0.3) is 0 Å². The van der Waals surface area contributed by atoms with Crippen molar-refractivity contribution in [3.8, 4) is 0 Å². The van der Waals surface area contributed by atoms with Gasteiger partial charge < -0.3 is 30.0 Å². The Morgan fingerprint density at radius 2 is 0.781 bits per heavy atom. The number of rotatable bonds is 2. The summed E-state index contributed by atoms with van der Waals surface area (Å²) >= 11 is 0. The molecule has 2 aliphatic rings.